The molecular formula is C12H11ClN2O2. The van der Waals surface area contributed by atoms with E-state index in [1.54, 1.807) is 0 Å². The standard InChI is InChI=1S/C12H11ClN2O2/c13-9-3-1-2-7-6-12(5-4-8(7)9)10(16)14-11(17)15-12/h1-3H,4-6H2,(H2,14,15,16,17)/t12-/m0/s1. The summed E-state index contributed by atoms with van der Waals surface area (Å²) in [4.78, 5) is 23.1. The number of benzene rings is 1. The normalized spacial score (nSPS) is 26.6. The topological polar surface area (TPSA) is 58.2 Å². The Morgan fingerprint density at radius 2 is 2.12 bits per heavy atom. The molecule has 2 N–H and O–H groups in total. The number of urea groups is 1. The SMILES string of the molecule is O=C1NC(=O)[C@@]2(CCc3c(Cl)cccc3C2)N1. The van der Waals surface area contributed by atoms with Gasteiger partial charge in [-0.2, -0.15) is 0 Å². The minimum Gasteiger partial charge on any atom is -0.323 e. The van der Waals surface area contributed by atoms with E-state index in [1.807, 2.05) is 18.2 Å². The number of hydrogen-bond donors (Lipinski definition) is 2. The molecule has 1 aromatic rings. The van der Waals surface area contributed by atoms with Crippen LogP contribution in [0.25, 0.3) is 0 Å². The van der Waals surface area contributed by atoms with Gasteiger partial charge in [0, 0.05) is 11.4 Å². The van der Waals surface area contributed by atoms with Crippen molar-refractivity contribution >= 4 is 23.5 Å². The van der Waals surface area contributed by atoms with Crippen LogP contribution in [0.2, 0.25) is 5.02 Å². The number of hydrogen-bond acceptors (Lipinski definition) is 2. The van der Waals surface area contributed by atoms with Gasteiger partial charge in [-0.3, -0.25) is 10.1 Å². The molecule has 3 amide bonds. The Morgan fingerprint density at radius 1 is 1.29 bits per heavy atom. The van der Waals surface area contributed by atoms with Crippen molar-refractivity contribution in [1.29, 1.82) is 0 Å². The highest BCUT2D eigenvalue weighted by molar-refractivity contribution is 6.31. The lowest BCUT2D eigenvalue weighted by Crippen LogP contribution is -2.51. The van der Waals surface area contributed by atoms with Crippen LogP contribution in [-0.2, 0) is 17.6 Å². The van der Waals surface area contributed by atoms with Crippen molar-refractivity contribution in [3.8, 4) is 0 Å². The number of carbonyl (C=O) groups is 2. The molecular weight excluding hydrogens is 240 g/mol. The van der Waals surface area contributed by atoms with Crippen molar-refractivity contribution in [1.82, 2.24) is 10.6 Å². The molecule has 5 heteroatoms. The molecule has 3 rings (SSSR count). The highest BCUT2D eigenvalue weighted by atomic mass is 35.5. The van der Waals surface area contributed by atoms with Crippen molar-refractivity contribution in [3.05, 3.63) is 34.3 Å². The average Bonchev–Trinajstić information content (AvgIpc) is 2.53. The molecule has 1 aromatic carbocycles. The van der Waals surface area contributed by atoms with Crippen molar-refractivity contribution in [2.24, 2.45) is 0 Å². The number of amides is 3. The van der Waals surface area contributed by atoms with Crippen molar-refractivity contribution < 1.29 is 9.59 Å². The third kappa shape index (κ3) is 1.52. The summed E-state index contributed by atoms with van der Waals surface area (Å²) < 4.78 is 0. The van der Waals surface area contributed by atoms with Gasteiger partial charge in [0.2, 0.25) is 0 Å². The molecule has 1 spiro atoms. The zero-order valence-corrected chi connectivity index (χ0v) is 9.80. The van der Waals surface area contributed by atoms with Crippen LogP contribution < -0.4 is 10.6 Å². The Balaban J connectivity index is 2.01. The molecule has 0 aromatic heterocycles. The van der Waals surface area contributed by atoms with Crippen LogP contribution >= 0.6 is 11.6 Å². The third-order valence-corrected chi connectivity index (χ3v) is 3.88. The molecule has 0 unspecified atom stereocenters. The lowest BCUT2D eigenvalue weighted by atomic mass is 9.78. The van der Waals surface area contributed by atoms with E-state index in [2.05, 4.69) is 10.6 Å². The summed E-state index contributed by atoms with van der Waals surface area (Å²) in [7, 11) is 0. The first-order valence-electron chi connectivity index (χ1n) is 5.51. The molecule has 2 aliphatic rings. The van der Waals surface area contributed by atoms with Gasteiger partial charge in [-0.15, -0.1) is 0 Å². The van der Waals surface area contributed by atoms with Crippen LogP contribution in [0, 0.1) is 0 Å². The molecule has 1 fully saturated rings. The van der Waals surface area contributed by atoms with E-state index in [4.69, 9.17) is 11.6 Å². The summed E-state index contributed by atoms with van der Waals surface area (Å²) in [6, 6.07) is 5.28. The van der Waals surface area contributed by atoms with E-state index >= 15 is 0 Å². The Bertz CT molecular complexity index is 529. The van der Waals surface area contributed by atoms with E-state index < -0.39 is 11.6 Å². The second-order valence-corrected chi connectivity index (χ2v) is 4.95. The van der Waals surface area contributed by atoms with Gasteiger partial charge in [-0.05, 0) is 30.0 Å². The number of carbonyl (C=O) groups excluding carboxylic acids is 2. The maximum Gasteiger partial charge on any atom is 0.322 e. The maximum absolute atomic E-state index is 11.8. The summed E-state index contributed by atoms with van der Waals surface area (Å²) >= 11 is 6.11. The van der Waals surface area contributed by atoms with Gasteiger partial charge in [0.1, 0.15) is 5.54 Å². The second-order valence-electron chi connectivity index (χ2n) is 4.54. The summed E-state index contributed by atoms with van der Waals surface area (Å²) in [5.74, 6) is -0.229. The van der Waals surface area contributed by atoms with E-state index in [9.17, 15) is 9.59 Å². The van der Waals surface area contributed by atoms with Gasteiger partial charge in [0.15, 0.2) is 0 Å². The first-order chi connectivity index (χ1) is 8.11. The van der Waals surface area contributed by atoms with E-state index in [0.29, 0.717) is 19.3 Å². The minimum atomic E-state index is -0.769. The zero-order valence-electron chi connectivity index (χ0n) is 9.05. The largest absolute Gasteiger partial charge is 0.323 e. The Labute approximate surface area is 103 Å². The molecule has 1 aliphatic carbocycles. The number of nitrogens with one attached hydrogen (secondary N) is 2. The fourth-order valence-electron chi connectivity index (χ4n) is 2.63. The lowest BCUT2D eigenvalue weighted by Gasteiger charge is -2.32. The predicted octanol–water partition coefficient (Wildman–Crippen LogP) is 1.41. The van der Waals surface area contributed by atoms with Crippen LogP contribution in [0.15, 0.2) is 18.2 Å². The molecule has 0 saturated carbocycles. The van der Waals surface area contributed by atoms with Crippen LogP contribution in [0.5, 0.6) is 0 Å². The molecule has 1 heterocycles. The maximum atomic E-state index is 11.8. The van der Waals surface area contributed by atoms with Gasteiger partial charge in [-0.1, -0.05) is 23.7 Å². The molecule has 0 radical (unpaired) electrons. The monoisotopic (exact) mass is 250 g/mol. The Morgan fingerprint density at radius 3 is 2.82 bits per heavy atom. The van der Waals surface area contributed by atoms with Crippen LogP contribution in [0.4, 0.5) is 4.79 Å². The highest BCUT2D eigenvalue weighted by Crippen LogP contribution is 2.34. The van der Waals surface area contributed by atoms with Crippen molar-refractivity contribution in [3.63, 3.8) is 0 Å². The van der Waals surface area contributed by atoms with Crippen LogP contribution in [0.3, 0.4) is 0 Å². The first kappa shape index (κ1) is 10.6. The van der Waals surface area contributed by atoms with E-state index in [-0.39, 0.29) is 5.91 Å². The Hall–Kier alpha value is -1.55. The summed E-state index contributed by atoms with van der Waals surface area (Å²) in [5, 5.41) is 5.78. The summed E-state index contributed by atoms with van der Waals surface area (Å²) in [6.07, 6.45) is 1.82. The van der Waals surface area contributed by atoms with E-state index in [0.717, 1.165) is 16.1 Å². The number of halogens is 1. The fraction of sp³-hybridized carbons (Fsp3) is 0.333. The second kappa shape index (κ2) is 3.47. The van der Waals surface area contributed by atoms with Gasteiger partial charge in [0.25, 0.3) is 5.91 Å². The molecule has 1 saturated heterocycles. The van der Waals surface area contributed by atoms with Crippen molar-refractivity contribution in [2.45, 2.75) is 24.8 Å². The quantitative estimate of drug-likeness (QED) is 0.684. The lowest BCUT2D eigenvalue weighted by molar-refractivity contribution is -0.124. The third-order valence-electron chi connectivity index (χ3n) is 3.52. The predicted molar refractivity (Wildman–Crippen MR) is 62.9 cm³/mol. The number of fused-ring (bicyclic) bond motifs is 1. The molecule has 17 heavy (non-hydrogen) atoms. The molecule has 4 nitrogen and oxygen atoms in total. The molecule has 0 bridgehead atoms. The van der Waals surface area contributed by atoms with Crippen LogP contribution in [-0.4, -0.2) is 17.5 Å². The average molecular weight is 251 g/mol. The number of rotatable bonds is 0. The molecule has 1 aliphatic heterocycles. The fourth-order valence-corrected chi connectivity index (χ4v) is 2.92. The summed E-state index contributed by atoms with van der Waals surface area (Å²) in [5.41, 5.74) is 1.37. The minimum absolute atomic E-state index is 0.229. The van der Waals surface area contributed by atoms with E-state index in [1.165, 1.54) is 0 Å². The van der Waals surface area contributed by atoms with Gasteiger partial charge in [0.05, 0.1) is 0 Å². The zero-order chi connectivity index (χ0) is 12.0. The molecule has 88 valence electrons. The van der Waals surface area contributed by atoms with Gasteiger partial charge in [-0.25, -0.2) is 4.79 Å². The smallest absolute Gasteiger partial charge is 0.322 e. The van der Waals surface area contributed by atoms with Crippen molar-refractivity contribution in [2.75, 3.05) is 0 Å². The Kier molecular flexibility index (Phi) is 2.16. The summed E-state index contributed by atoms with van der Waals surface area (Å²) in [6.45, 7) is 0. The first-order valence-corrected chi connectivity index (χ1v) is 5.88. The molecule has 1 atom stereocenters. The van der Waals surface area contributed by atoms with Crippen LogP contribution in [0.1, 0.15) is 17.5 Å². The number of imide groups is 1. The van der Waals surface area contributed by atoms with Gasteiger partial charge >= 0.3 is 6.03 Å². The van der Waals surface area contributed by atoms with Gasteiger partial charge < -0.3 is 5.32 Å². The highest BCUT2D eigenvalue weighted by Gasteiger charge is 2.47.